The number of ether oxygens (including phenoxy) is 1. The number of nitrogens with zero attached hydrogens (tertiary/aromatic N) is 2. The summed E-state index contributed by atoms with van der Waals surface area (Å²) < 4.78 is 6.34. The Hall–Kier alpha value is -2.67. The standard InChI is InChI=1S/C18H21NO2.C18H23NO2.CH4/c1-10-3-4-11-9-13-12-5-6-14(20)17-18(12,7-8-19(13)2)15(11)16(10)21-17;1-11-3-4-12-9-15-14-6-5-13(20)10-18(14,7-8-19(15)2)16(12)17(11)21;/h3-6,12-14,17,20H,7-9H2,1-2H3;3-4,14-15,21H,5-10H2,1-2H3;1H4/t12-,13+,14-,17-,18-;14-,15+,18-;/m00./s1. The number of fused-ring (bicyclic) bond motifs is 1. The lowest BCUT2D eigenvalue weighted by Crippen LogP contribution is -2.64. The number of aliphatic hydroxyl groups is 1. The lowest BCUT2D eigenvalue weighted by Gasteiger charge is -2.58. The van der Waals surface area contributed by atoms with Gasteiger partial charge in [0.2, 0.25) is 0 Å². The maximum atomic E-state index is 12.2. The largest absolute Gasteiger partial charge is 0.507 e. The molecule has 3 fully saturated rings. The van der Waals surface area contributed by atoms with Crippen LogP contribution in [-0.2, 0) is 28.5 Å². The van der Waals surface area contributed by atoms with Crippen LogP contribution < -0.4 is 4.74 Å². The van der Waals surface area contributed by atoms with E-state index in [-0.39, 0.29) is 24.4 Å². The molecule has 7 aliphatic rings. The average Bonchev–Trinajstić information content (AvgIpc) is 3.33. The first-order chi connectivity index (χ1) is 20.2. The molecule has 0 radical (unpaired) electrons. The number of aliphatic hydroxyl groups excluding tert-OH is 1. The van der Waals surface area contributed by atoms with E-state index in [4.69, 9.17) is 4.74 Å². The molecular weight excluding hydrogens is 536 g/mol. The third-order valence-electron chi connectivity index (χ3n) is 12.7. The smallest absolute Gasteiger partial charge is 0.138 e. The second-order valence-electron chi connectivity index (χ2n) is 14.5. The highest BCUT2D eigenvalue weighted by Crippen LogP contribution is 2.61. The van der Waals surface area contributed by atoms with Crippen LogP contribution in [0.3, 0.4) is 0 Å². The molecule has 3 aliphatic heterocycles. The Balaban J connectivity index is 0.000000136. The third-order valence-corrected chi connectivity index (χ3v) is 12.7. The van der Waals surface area contributed by atoms with Crippen molar-refractivity contribution in [2.75, 3.05) is 27.2 Å². The molecule has 1 spiro atoms. The highest BCUT2D eigenvalue weighted by molar-refractivity contribution is 5.82. The molecule has 2 aromatic rings. The number of likely N-dealkylation sites (N-methyl/N-ethyl adjacent to an activating group) is 2. The van der Waals surface area contributed by atoms with Gasteiger partial charge < -0.3 is 24.7 Å². The van der Waals surface area contributed by atoms with E-state index in [1.165, 1.54) is 22.3 Å². The SMILES string of the molecule is C.Cc1ccc2c(c1O)[C@]13CCN(C)[C@H](C2)[C@@H]1CCC(=O)C3.Cc1ccc2c3c1O[C@H]1[C@@H](O)C=C[C@H]4[C@@H](C2)N(C)CC[C@@]341. The minimum atomic E-state index is -0.483. The van der Waals surface area contributed by atoms with E-state index in [9.17, 15) is 15.0 Å². The Morgan fingerprint density at radius 1 is 0.907 bits per heavy atom. The van der Waals surface area contributed by atoms with Crippen LogP contribution in [0.15, 0.2) is 36.4 Å². The summed E-state index contributed by atoms with van der Waals surface area (Å²) in [6, 6.07) is 9.72. The zero-order valence-corrected chi connectivity index (χ0v) is 25.4. The summed E-state index contributed by atoms with van der Waals surface area (Å²) in [6.45, 7) is 6.21. The Labute approximate surface area is 256 Å². The first-order valence-corrected chi connectivity index (χ1v) is 16.1. The van der Waals surface area contributed by atoms with Crippen LogP contribution in [0.4, 0.5) is 0 Å². The average molecular weight is 585 g/mol. The monoisotopic (exact) mass is 584 g/mol. The minimum absolute atomic E-state index is 0. The Morgan fingerprint density at radius 3 is 2.37 bits per heavy atom. The van der Waals surface area contributed by atoms with Crippen molar-refractivity contribution in [3.05, 3.63) is 69.8 Å². The molecule has 1 saturated carbocycles. The van der Waals surface area contributed by atoms with Crippen LogP contribution in [0.2, 0.25) is 0 Å². The van der Waals surface area contributed by atoms with Crippen LogP contribution in [0.1, 0.15) is 72.9 Å². The number of aromatic hydroxyl groups is 1. The van der Waals surface area contributed by atoms with Gasteiger partial charge in [-0.3, -0.25) is 4.79 Å². The van der Waals surface area contributed by atoms with Gasteiger partial charge in [0.15, 0.2) is 0 Å². The highest BCUT2D eigenvalue weighted by atomic mass is 16.5. The second kappa shape index (κ2) is 9.92. The molecular formula is C37H48N2O4. The van der Waals surface area contributed by atoms with E-state index in [0.717, 1.165) is 68.5 Å². The third kappa shape index (κ3) is 3.79. The molecule has 0 amide bonds. The molecule has 2 aromatic carbocycles. The Bertz CT molecular complexity index is 1510. The molecule has 2 saturated heterocycles. The van der Waals surface area contributed by atoms with E-state index >= 15 is 0 Å². The molecule has 9 rings (SSSR count). The summed E-state index contributed by atoms with van der Waals surface area (Å²) in [7, 11) is 4.45. The maximum Gasteiger partial charge on any atom is 0.138 e. The van der Waals surface area contributed by atoms with E-state index in [1.807, 2.05) is 19.1 Å². The van der Waals surface area contributed by atoms with Crippen molar-refractivity contribution >= 4 is 5.78 Å². The van der Waals surface area contributed by atoms with Gasteiger partial charge >= 0.3 is 0 Å². The molecule has 3 heterocycles. The molecule has 0 unspecified atom stereocenters. The van der Waals surface area contributed by atoms with Gasteiger partial charge in [-0.2, -0.15) is 0 Å². The zero-order chi connectivity index (χ0) is 29.1. The number of rotatable bonds is 0. The van der Waals surface area contributed by atoms with E-state index < -0.39 is 6.10 Å². The number of carbonyl (C=O) groups is 1. The number of piperidine rings is 2. The first-order valence-electron chi connectivity index (χ1n) is 16.1. The van der Waals surface area contributed by atoms with E-state index in [1.54, 1.807) is 0 Å². The molecule has 0 aromatic heterocycles. The number of ketones is 1. The molecule has 8 atom stereocenters. The predicted octanol–water partition coefficient (Wildman–Crippen LogP) is 5.00. The molecule has 230 valence electrons. The van der Waals surface area contributed by atoms with Gasteiger partial charge in [0.05, 0.1) is 0 Å². The van der Waals surface area contributed by atoms with Gasteiger partial charge in [-0.15, -0.1) is 0 Å². The van der Waals surface area contributed by atoms with E-state index in [2.05, 4.69) is 55.1 Å². The highest BCUT2D eigenvalue weighted by Gasteiger charge is 2.64. The number of hydrogen-bond acceptors (Lipinski definition) is 6. The number of aryl methyl sites for hydroxylation is 2. The van der Waals surface area contributed by atoms with Gasteiger partial charge in [-0.05, 0) is 101 Å². The lowest BCUT2D eigenvalue weighted by molar-refractivity contribution is -0.126. The van der Waals surface area contributed by atoms with Crippen molar-refractivity contribution in [1.29, 1.82) is 0 Å². The normalized spacial score (nSPS) is 38.0. The first kappa shape index (κ1) is 29.1. The Morgan fingerprint density at radius 2 is 1.58 bits per heavy atom. The maximum absolute atomic E-state index is 12.2. The lowest BCUT2D eigenvalue weighted by atomic mass is 9.52. The fraction of sp³-hybridized carbons (Fsp3) is 0.595. The molecule has 4 aliphatic carbocycles. The van der Waals surface area contributed by atoms with Gasteiger partial charge in [-0.1, -0.05) is 43.8 Å². The van der Waals surface area contributed by atoms with Gasteiger partial charge in [0, 0.05) is 52.8 Å². The number of phenolic OH excluding ortho intramolecular Hbond substituents is 1. The van der Waals surface area contributed by atoms with E-state index in [0.29, 0.717) is 41.9 Å². The number of likely N-dealkylation sites (tertiary alicyclic amines) is 2. The summed E-state index contributed by atoms with van der Waals surface area (Å²) in [6.07, 6.45) is 10.2. The summed E-state index contributed by atoms with van der Waals surface area (Å²) in [5, 5.41) is 21.2. The van der Waals surface area contributed by atoms with Gasteiger partial charge in [-0.25, -0.2) is 0 Å². The van der Waals surface area contributed by atoms with Crippen molar-refractivity contribution < 1.29 is 19.7 Å². The van der Waals surface area contributed by atoms with Crippen molar-refractivity contribution in [1.82, 2.24) is 9.80 Å². The predicted molar refractivity (Wildman–Crippen MR) is 169 cm³/mol. The minimum Gasteiger partial charge on any atom is -0.507 e. The molecule has 4 bridgehead atoms. The molecule has 6 heteroatoms. The van der Waals surface area contributed by atoms with Crippen LogP contribution in [0, 0.1) is 25.7 Å². The van der Waals surface area contributed by atoms with Crippen LogP contribution in [0.25, 0.3) is 0 Å². The second-order valence-corrected chi connectivity index (χ2v) is 14.5. The van der Waals surface area contributed by atoms with Crippen LogP contribution in [0.5, 0.6) is 11.5 Å². The number of hydrogen-bond donors (Lipinski definition) is 2. The Kier molecular flexibility index (Phi) is 6.70. The topological polar surface area (TPSA) is 73.2 Å². The van der Waals surface area contributed by atoms with Crippen LogP contribution >= 0.6 is 0 Å². The number of carbonyl (C=O) groups excluding carboxylic acids is 1. The van der Waals surface area contributed by atoms with Gasteiger partial charge in [0.1, 0.15) is 29.5 Å². The van der Waals surface area contributed by atoms with Crippen molar-refractivity contribution in [3.63, 3.8) is 0 Å². The van der Waals surface area contributed by atoms with Crippen molar-refractivity contribution in [2.24, 2.45) is 11.8 Å². The summed E-state index contributed by atoms with van der Waals surface area (Å²) in [5.41, 5.74) is 7.29. The molecule has 43 heavy (non-hydrogen) atoms. The summed E-state index contributed by atoms with van der Waals surface area (Å²) in [5.74, 6) is 2.89. The zero-order valence-electron chi connectivity index (χ0n) is 25.4. The number of Topliss-reactive ketones (excluding diaryl/α,β-unsaturated/α-hetero) is 1. The van der Waals surface area contributed by atoms with Crippen LogP contribution in [-0.4, -0.2) is 77.3 Å². The fourth-order valence-electron chi connectivity index (χ4n) is 10.6. The molecule has 6 nitrogen and oxygen atoms in total. The van der Waals surface area contributed by atoms with Gasteiger partial charge in [0.25, 0.3) is 0 Å². The summed E-state index contributed by atoms with van der Waals surface area (Å²) >= 11 is 0. The van der Waals surface area contributed by atoms with Crippen molar-refractivity contribution in [3.8, 4) is 11.5 Å². The van der Waals surface area contributed by atoms with Crippen molar-refractivity contribution in [2.45, 2.75) is 101 Å². The summed E-state index contributed by atoms with van der Waals surface area (Å²) in [4.78, 5) is 17.2. The fourth-order valence-corrected chi connectivity index (χ4v) is 10.6. The molecule has 2 N–H and O–H groups in total. The quantitative estimate of drug-likeness (QED) is 0.425. The number of phenols is 1. The number of benzene rings is 2.